The Labute approximate surface area is 156 Å². The van der Waals surface area contributed by atoms with E-state index in [2.05, 4.69) is 5.32 Å². The van der Waals surface area contributed by atoms with Crippen LogP contribution in [0.25, 0.3) is 0 Å². The number of amides is 1. The number of thioether (sulfide) groups is 1. The zero-order valence-corrected chi connectivity index (χ0v) is 15.2. The highest BCUT2D eigenvalue weighted by molar-refractivity contribution is 8.21. The van der Waals surface area contributed by atoms with Crippen LogP contribution in [0.5, 0.6) is 0 Å². The molecule has 0 radical (unpaired) electrons. The number of anilines is 1. The molecule has 0 saturated carbocycles. The van der Waals surface area contributed by atoms with Crippen LogP contribution < -0.4 is 16.2 Å². The van der Waals surface area contributed by atoms with Crippen LogP contribution in [0.4, 0.5) is 10.1 Å². The predicted molar refractivity (Wildman–Crippen MR) is 100 cm³/mol. The van der Waals surface area contributed by atoms with Gasteiger partial charge in [-0.3, -0.25) is 9.93 Å². The molecule has 0 heterocycles. The van der Waals surface area contributed by atoms with Crippen molar-refractivity contribution in [2.45, 2.75) is 4.90 Å². The molecular weight excluding hydrogens is 392 g/mol. The molecule has 5 N–H and O–H groups in total. The molecule has 1 amide bonds. The minimum absolute atomic E-state index is 0.0343. The number of halogens is 3. The molecule has 4 nitrogen and oxygen atoms in total. The van der Waals surface area contributed by atoms with Gasteiger partial charge in [-0.1, -0.05) is 35.0 Å². The topological polar surface area (TPSA) is 81.1 Å². The smallest absolute Gasteiger partial charge is 0.273 e. The van der Waals surface area contributed by atoms with Crippen molar-refractivity contribution in [3.05, 3.63) is 68.3 Å². The number of nitrogens with one attached hydrogen (secondary N) is 1. The summed E-state index contributed by atoms with van der Waals surface area (Å²) in [5.41, 5.74) is 6.03. The van der Waals surface area contributed by atoms with Crippen molar-refractivity contribution in [1.82, 2.24) is 0 Å². The number of nitrogens with two attached hydrogens (primary N) is 2. The normalized spacial score (nSPS) is 11.8. The maximum absolute atomic E-state index is 13.4. The Bertz CT molecular complexity index is 785. The molecule has 0 saturated heterocycles. The van der Waals surface area contributed by atoms with Gasteiger partial charge in [0.2, 0.25) is 0 Å². The first kappa shape index (κ1) is 19.0. The summed E-state index contributed by atoms with van der Waals surface area (Å²) in [7, 11) is 0. The Hall–Kier alpha value is -1.38. The zero-order valence-electron chi connectivity index (χ0n) is 12.1. The third kappa shape index (κ3) is 5.06. The van der Waals surface area contributed by atoms with E-state index in [-0.39, 0.29) is 16.4 Å². The number of carbonyl (C=O) groups excluding carboxylic acids is 1. The van der Waals surface area contributed by atoms with Gasteiger partial charge in [0.1, 0.15) is 11.5 Å². The summed E-state index contributed by atoms with van der Waals surface area (Å²) < 4.78 is 13.8. The van der Waals surface area contributed by atoms with Gasteiger partial charge in [0.15, 0.2) is 0 Å². The molecule has 2 aromatic carbocycles. The van der Waals surface area contributed by atoms with Gasteiger partial charge in [0.05, 0.1) is 9.26 Å². The van der Waals surface area contributed by atoms with Crippen LogP contribution in [-0.4, -0.2) is 5.91 Å². The van der Waals surface area contributed by atoms with Gasteiger partial charge in [-0.15, -0.1) is 0 Å². The molecule has 0 fully saturated rings. The van der Waals surface area contributed by atoms with Gasteiger partial charge in [0, 0.05) is 15.6 Å². The van der Waals surface area contributed by atoms with Crippen molar-refractivity contribution in [2.24, 2.45) is 10.9 Å². The van der Waals surface area contributed by atoms with Gasteiger partial charge in [-0.05, 0) is 54.4 Å². The van der Waals surface area contributed by atoms with E-state index in [4.69, 9.17) is 34.1 Å². The average Bonchev–Trinajstić information content (AvgIpc) is 2.57. The highest BCUT2D eigenvalue weighted by atomic mass is 35.5. The molecule has 0 aliphatic heterocycles. The number of benzene rings is 2. The van der Waals surface area contributed by atoms with Crippen molar-refractivity contribution >= 4 is 58.5 Å². The summed E-state index contributed by atoms with van der Waals surface area (Å²) in [6.45, 7) is 0. The molecule has 2 aromatic rings. The van der Waals surface area contributed by atoms with Crippen LogP contribution in [0.2, 0.25) is 10.0 Å². The van der Waals surface area contributed by atoms with Crippen molar-refractivity contribution < 1.29 is 9.18 Å². The van der Waals surface area contributed by atoms with Crippen LogP contribution in [0.15, 0.2) is 57.3 Å². The quantitative estimate of drug-likeness (QED) is 0.386. The second-order valence-electron chi connectivity index (χ2n) is 4.46. The second-order valence-corrected chi connectivity index (χ2v) is 7.29. The first-order valence-corrected chi connectivity index (χ1v) is 8.92. The molecule has 9 heteroatoms. The van der Waals surface area contributed by atoms with Crippen LogP contribution >= 0.6 is 46.9 Å². The second kappa shape index (κ2) is 8.64. The van der Waals surface area contributed by atoms with Gasteiger partial charge in [-0.2, -0.15) is 0 Å². The first-order valence-electron chi connectivity index (χ1n) is 6.47. The fourth-order valence-electron chi connectivity index (χ4n) is 1.62. The van der Waals surface area contributed by atoms with Crippen molar-refractivity contribution in [1.29, 1.82) is 0 Å². The van der Waals surface area contributed by atoms with Gasteiger partial charge in [0.25, 0.3) is 5.91 Å². The third-order valence-electron chi connectivity index (χ3n) is 2.77. The van der Waals surface area contributed by atoms with E-state index in [9.17, 15) is 9.18 Å². The fourth-order valence-corrected chi connectivity index (χ4v) is 3.25. The largest absolute Gasteiger partial charge is 0.393 e. The summed E-state index contributed by atoms with van der Waals surface area (Å²) in [5, 5.41) is 8.66. The number of rotatable bonds is 5. The van der Waals surface area contributed by atoms with E-state index >= 15 is 0 Å². The van der Waals surface area contributed by atoms with E-state index in [1.165, 1.54) is 23.9 Å². The Morgan fingerprint density at radius 3 is 2.38 bits per heavy atom. The minimum Gasteiger partial charge on any atom is -0.393 e. The average molecular weight is 404 g/mol. The lowest BCUT2D eigenvalue weighted by molar-refractivity contribution is -0.112. The molecule has 0 aromatic heterocycles. The van der Waals surface area contributed by atoms with Gasteiger partial charge < -0.3 is 11.1 Å². The Balaban J connectivity index is 2.16. The predicted octanol–water partition coefficient (Wildman–Crippen LogP) is 4.60. The lowest BCUT2D eigenvalue weighted by Crippen LogP contribution is -2.21. The minimum atomic E-state index is -0.638. The van der Waals surface area contributed by atoms with Gasteiger partial charge >= 0.3 is 0 Å². The van der Waals surface area contributed by atoms with Crippen molar-refractivity contribution in [3.63, 3.8) is 0 Å². The number of hydrogen-bond acceptors (Lipinski definition) is 5. The van der Waals surface area contributed by atoms with E-state index in [1.54, 1.807) is 24.3 Å². The van der Waals surface area contributed by atoms with Crippen LogP contribution in [0.1, 0.15) is 0 Å². The third-order valence-corrected chi connectivity index (χ3v) is 5.22. The fraction of sp³-hybridized carbons (Fsp3) is 0. The van der Waals surface area contributed by atoms with Crippen molar-refractivity contribution in [2.75, 3.05) is 5.32 Å². The Morgan fingerprint density at radius 2 is 1.79 bits per heavy atom. The zero-order chi connectivity index (χ0) is 17.7. The standard InChI is InChI=1S/C15H12Cl2FN3OS2/c16-8-1-4-10(5-2-8)23-15(24-20)13(19)14(22)21-9-3-6-11(17)12(18)7-9/h1-7H,19-20H2,(H,21,22)/b15-13-. The molecular formula is C15H12Cl2FN3OS2. The first-order chi connectivity index (χ1) is 11.4. The number of carbonyl (C=O) groups is 1. The Morgan fingerprint density at radius 1 is 1.12 bits per heavy atom. The lowest BCUT2D eigenvalue weighted by Gasteiger charge is -2.10. The number of hydrogen-bond donors (Lipinski definition) is 3. The molecule has 0 atom stereocenters. The maximum Gasteiger partial charge on any atom is 0.273 e. The molecule has 0 spiro atoms. The summed E-state index contributed by atoms with van der Waals surface area (Å²) >= 11 is 13.5. The summed E-state index contributed by atoms with van der Waals surface area (Å²) in [5.74, 6) is -1.23. The Kier molecular flexibility index (Phi) is 6.82. The monoisotopic (exact) mass is 403 g/mol. The van der Waals surface area contributed by atoms with Crippen molar-refractivity contribution in [3.8, 4) is 0 Å². The van der Waals surface area contributed by atoms with E-state index in [0.29, 0.717) is 9.26 Å². The lowest BCUT2D eigenvalue weighted by atomic mass is 10.3. The molecule has 0 aliphatic carbocycles. The molecule has 2 rings (SSSR count). The van der Waals surface area contributed by atoms with E-state index in [1.807, 2.05) is 0 Å². The van der Waals surface area contributed by atoms with E-state index in [0.717, 1.165) is 22.9 Å². The van der Waals surface area contributed by atoms with E-state index < -0.39 is 11.7 Å². The highest BCUT2D eigenvalue weighted by Crippen LogP contribution is 2.34. The highest BCUT2D eigenvalue weighted by Gasteiger charge is 2.14. The SMILES string of the molecule is NS/C(Sc1ccc(Cl)cc1)=C(\N)C(=O)Nc1ccc(Cl)c(F)c1. The molecule has 126 valence electrons. The molecule has 0 unspecified atom stereocenters. The molecule has 24 heavy (non-hydrogen) atoms. The summed E-state index contributed by atoms with van der Waals surface area (Å²) in [6, 6.07) is 10.9. The van der Waals surface area contributed by atoms with Crippen LogP contribution in [0, 0.1) is 5.82 Å². The summed E-state index contributed by atoms with van der Waals surface area (Å²) in [4.78, 5) is 13.0. The maximum atomic E-state index is 13.4. The summed E-state index contributed by atoms with van der Waals surface area (Å²) in [6.07, 6.45) is 0. The van der Waals surface area contributed by atoms with Crippen LogP contribution in [-0.2, 0) is 4.79 Å². The van der Waals surface area contributed by atoms with Crippen LogP contribution in [0.3, 0.4) is 0 Å². The van der Waals surface area contributed by atoms with Gasteiger partial charge in [-0.25, -0.2) is 4.39 Å². The molecule has 0 bridgehead atoms. The molecule has 0 aliphatic rings.